The fraction of sp³-hybridized carbons (Fsp3) is 0.588. The standard InChI is InChI=1S/C17H25NO2S/c1-5-21-14-8-6-7-13(15(14)16(19)20)18-10-9-12(11-18)17(2,3)4/h6-8,12H,5,9-11H2,1-4H3,(H,19,20). The summed E-state index contributed by atoms with van der Waals surface area (Å²) in [7, 11) is 0. The molecule has 1 aliphatic heterocycles. The van der Waals surface area contributed by atoms with Crippen molar-refractivity contribution in [2.45, 2.75) is 39.0 Å². The third-order valence-corrected chi connectivity index (χ3v) is 5.21. The lowest BCUT2D eigenvalue weighted by Gasteiger charge is -2.28. The lowest BCUT2D eigenvalue weighted by atomic mass is 9.80. The van der Waals surface area contributed by atoms with Gasteiger partial charge in [0.2, 0.25) is 0 Å². The molecule has 0 spiro atoms. The minimum atomic E-state index is -0.819. The minimum absolute atomic E-state index is 0.272. The molecule has 116 valence electrons. The Morgan fingerprint density at radius 2 is 2.14 bits per heavy atom. The van der Waals surface area contributed by atoms with E-state index in [1.165, 1.54) is 0 Å². The number of aromatic carboxylic acids is 1. The Hall–Kier alpha value is -1.16. The Kier molecular flexibility index (Phi) is 4.87. The normalized spacial score (nSPS) is 19.0. The Morgan fingerprint density at radius 1 is 1.43 bits per heavy atom. The first-order valence-electron chi connectivity index (χ1n) is 7.58. The van der Waals surface area contributed by atoms with Crippen molar-refractivity contribution in [3.63, 3.8) is 0 Å². The highest BCUT2D eigenvalue weighted by Gasteiger charge is 2.33. The van der Waals surface area contributed by atoms with Crippen molar-refractivity contribution in [3.8, 4) is 0 Å². The van der Waals surface area contributed by atoms with Gasteiger partial charge in [0.15, 0.2) is 0 Å². The average molecular weight is 307 g/mol. The molecule has 0 bridgehead atoms. The van der Waals surface area contributed by atoms with Gasteiger partial charge in [0.25, 0.3) is 0 Å². The van der Waals surface area contributed by atoms with E-state index in [4.69, 9.17) is 0 Å². The van der Waals surface area contributed by atoms with Crippen molar-refractivity contribution in [1.29, 1.82) is 0 Å². The van der Waals surface area contributed by atoms with Crippen LogP contribution in [0.5, 0.6) is 0 Å². The highest BCUT2D eigenvalue weighted by Crippen LogP contribution is 2.38. The molecule has 21 heavy (non-hydrogen) atoms. The lowest BCUT2D eigenvalue weighted by molar-refractivity contribution is 0.0694. The SMILES string of the molecule is CCSc1cccc(N2CCC(C(C)(C)C)C2)c1C(=O)O. The molecule has 0 aromatic heterocycles. The van der Waals surface area contributed by atoms with Gasteiger partial charge in [-0.25, -0.2) is 4.79 Å². The number of carboxylic acids is 1. The first kappa shape index (κ1) is 16.2. The number of anilines is 1. The summed E-state index contributed by atoms with van der Waals surface area (Å²) in [5, 5.41) is 9.62. The van der Waals surface area contributed by atoms with Gasteiger partial charge in [0, 0.05) is 18.0 Å². The molecule has 3 nitrogen and oxygen atoms in total. The molecule has 1 aliphatic rings. The zero-order chi connectivity index (χ0) is 15.6. The topological polar surface area (TPSA) is 40.5 Å². The molecule has 1 N–H and O–H groups in total. The van der Waals surface area contributed by atoms with E-state index in [1.54, 1.807) is 11.8 Å². The maximum atomic E-state index is 11.7. The molecule has 2 rings (SSSR count). The van der Waals surface area contributed by atoms with Gasteiger partial charge in [0.1, 0.15) is 0 Å². The minimum Gasteiger partial charge on any atom is -0.478 e. The van der Waals surface area contributed by atoms with Crippen molar-refractivity contribution in [1.82, 2.24) is 0 Å². The number of hydrogen-bond acceptors (Lipinski definition) is 3. The van der Waals surface area contributed by atoms with Gasteiger partial charge in [0.05, 0.1) is 11.3 Å². The van der Waals surface area contributed by atoms with Crippen molar-refractivity contribution >= 4 is 23.4 Å². The van der Waals surface area contributed by atoms with Crippen molar-refractivity contribution in [3.05, 3.63) is 23.8 Å². The summed E-state index contributed by atoms with van der Waals surface area (Å²) >= 11 is 1.60. The van der Waals surface area contributed by atoms with Crippen LogP contribution in [0.4, 0.5) is 5.69 Å². The largest absolute Gasteiger partial charge is 0.478 e. The van der Waals surface area contributed by atoms with Gasteiger partial charge >= 0.3 is 5.97 Å². The van der Waals surface area contributed by atoms with Crippen LogP contribution in [0.1, 0.15) is 44.5 Å². The predicted molar refractivity (Wildman–Crippen MR) is 89.6 cm³/mol. The van der Waals surface area contributed by atoms with E-state index in [9.17, 15) is 9.90 Å². The molecule has 1 atom stereocenters. The van der Waals surface area contributed by atoms with Gasteiger partial charge in [-0.2, -0.15) is 0 Å². The molecule has 1 fully saturated rings. The summed E-state index contributed by atoms with van der Waals surface area (Å²) in [5.74, 6) is 0.677. The highest BCUT2D eigenvalue weighted by molar-refractivity contribution is 7.99. The number of thioether (sulfide) groups is 1. The van der Waals surface area contributed by atoms with E-state index in [0.29, 0.717) is 11.5 Å². The molecule has 1 heterocycles. The van der Waals surface area contributed by atoms with Crippen LogP contribution in [0.15, 0.2) is 23.1 Å². The average Bonchev–Trinajstić information content (AvgIpc) is 2.87. The van der Waals surface area contributed by atoms with E-state index in [0.717, 1.165) is 35.8 Å². The van der Waals surface area contributed by atoms with E-state index < -0.39 is 5.97 Å². The second-order valence-corrected chi connectivity index (χ2v) is 7.99. The van der Waals surface area contributed by atoms with Crippen LogP contribution in [0, 0.1) is 11.3 Å². The maximum absolute atomic E-state index is 11.7. The fourth-order valence-electron chi connectivity index (χ4n) is 2.96. The third-order valence-electron chi connectivity index (χ3n) is 4.27. The molecule has 0 aliphatic carbocycles. The first-order chi connectivity index (χ1) is 9.84. The Bertz CT molecular complexity index is 522. The number of hydrogen-bond donors (Lipinski definition) is 1. The number of benzene rings is 1. The monoisotopic (exact) mass is 307 g/mol. The molecule has 0 radical (unpaired) electrons. The second kappa shape index (κ2) is 6.30. The number of carbonyl (C=O) groups is 1. The summed E-state index contributed by atoms with van der Waals surface area (Å²) in [4.78, 5) is 14.8. The molecule has 1 saturated heterocycles. The van der Waals surface area contributed by atoms with Crippen molar-refractivity contribution in [2.24, 2.45) is 11.3 Å². The van der Waals surface area contributed by atoms with E-state index in [1.807, 2.05) is 18.2 Å². The smallest absolute Gasteiger partial charge is 0.338 e. The molecule has 1 aromatic carbocycles. The molecule has 1 unspecified atom stereocenters. The molecule has 0 saturated carbocycles. The molecular weight excluding hydrogens is 282 g/mol. The Morgan fingerprint density at radius 3 is 2.67 bits per heavy atom. The van der Waals surface area contributed by atoms with E-state index in [2.05, 4.69) is 32.6 Å². The number of nitrogens with zero attached hydrogens (tertiary/aromatic N) is 1. The van der Waals surface area contributed by atoms with Crippen LogP contribution in [0.25, 0.3) is 0 Å². The lowest BCUT2D eigenvalue weighted by Crippen LogP contribution is -2.27. The van der Waals surface area contributed by atoms with Gasteiger partial charge in [-0.05, 0) is 35.6 Å². The van der Waals surface area contributed by atoms with Crippen LogP contribution in [0.2, 0.25) is 0 Å². The highest BCUT2D eigenvalue weighted by atomic mass is 32.2. The van der Waals surface area contributed by atoms with Crippen LogP contribution < -0.4 is 4.90 Å². The van der Waals surface area contributed by atoms with Crippen LogP contribution >= 0.6 is 11.8 Å². The van der Waals surface area contributed by atoms with Crippen LogP contribution in [-0.4, -0.2) is 29.9 Å². The van der Waals surface area contributed by atoms with Gasteiger partial charge in [-0.15, -0.1) is 11.8 Å². The summed E-state index contributed by atoms with van der Waals surface area (Å²) in [5.41, 5.74) is 1.63. The van der Waals surface area contributed by atoms with Crippen LogP contribution in [0.3, 0.4) is 0 Å². The van der Waals surface area contributed by atoms with Crippen molar-refractivity contribution < 1.29 is 9.90 Å². The molecule has 1 aromatic rings. The Labute approximate surface area is 131 Å². The van der Waals surface area contributed by atoms with E-state index >= 15 is 0 Å². The summed E-state index contributed by atoms with van der Waals surface area (Å²) in [6, 6.07) is 5.84. The van der Waals surface area contributed by atoms with Gasteiger partial charge in [-0.3, -0.25) is 0 Å². The first-order valence-corrected chi connectivity index (χ1v) is 8.57. The van der Waals surface area contributed by atoms with Gasteiger partial charge in [-0.1, -0.05) is 33.8 Å². The van der Waals surface area contributed by atoms with Gasteiger partial charge < -0.3 is 10.0 Å². The van der Waals surface area contributed by atoms with Crippen molar-refractivity contribution in [2.75, 3.05) is 23.7 Å². The third kappa shape index (κ3) is 3.54. The maximum Gasteiger partial charge on any atom is 0.338 e. The molecule has 4 heteroatoms. The second-order valence-electron chi connectivity index (χ2n) is 6.69. The fourth-order valence-corrected chi connectivity index (χ4v) is 3.78. The summed E-state index contributed by atoms with van der Waals surface area (Å²) in [6.45, 7) is 10.7. The van der Waals surface area contributed by atoms with Crippen LogP contribution in [-0.2, 0) is 0 Å². The number of carboxylic acid groups (broad SMARTS) is 1. The Balaban J connectivity index is 2.32. The predicted octanol–water partition coefficient (Wildman–Crippen LogP) is 4.37. The summed E-state index contributed by atoms with van der Waals surface area (Å²) < 4.78 is 0. The summed E-state index contributed by atoms with van der Waals surface area (Å²) in [6.07, 6.45) is 1.13. The van der Waals surface area contributed by atoms with E-state index in [-0.39, 0.29) is 5.41 Å². The quantitative estimate of drug-likeness (QED) is 0.839. The zero-order valence-electron chi connectivity index (χ0n) is 13.3. The molecule has 0 amide bonds. The molecular formula is C17H25NO2S. The number of rotatable bonds is 4. The zero-order valence-corrected chi connectivity index (χ0v) is 14.2.